The lowest BCUT2D eigenvalue weighted by molar-refractivity contribution is -0.118. The zero-order valence-electron chi connectivity index (χ0n) is 14.2. The number of carbonyl (C=O) groups is 2. The Morgan fingerprint density at radius 1 is 1.12 bits per heavy atom. The Morgan fingerprint density at radius 3 is 2.56 bits per heavy atom. The van der Waals surface area contributed by atoms with E-state index in [4.69, 9.17) is 21.1 Å². The van der Waals surface area contributed by atoms with E-state index in [0.29, 0.717) is 27.8 Å². The van der Waals surface area contributed by atoms with E-state index < -0.39 is 5.91 Å². The number of benzene rings is 2. The molecule has 7 heteroatoms. The van der Waals surface area contributed by atoms with Crippen molar-refractivity contribution in [2.45, 2.75) is 6.92 Å². The quantitative estimate of drug-likeness (QED) is 0.828. The summed E-state index contributed by atoms with van der Waals surface area (Å²) in [5, 5.41) is 5.47. The number of carbonyl (C=O) groups excluding carboxylic acids is 2. The molecule has 0 aromatic heterocycles. The molecule has 0 saturated heterocycles. The second kappa shape index (κ2) is 8.39. The number of ether oxygens (including phenoxy) is 2. The van der Waals surface area contributed by atoms with E-state index in [9.17, 15) is 9.59 Å². The van der Waals surface area contributed by atoms with Crippen LogP contribution in [0.3, 0.4) is 0 Å². The summed E-state index contributed by atoms with van der Waals surface area (Å²) in [6.45, 7) is 1.71. The molecule has 0 heterocycles. The number of anilines is 1. The molecule has 2 amide bonds. The van der Waals surface area contributed by atoms with Crippen LogP contribution in [0.2, 0.25) is 5.02 Å². The van der Waals surface area contributed by atoms with Crippen molar-refractivity contribution >= 4 is 29.1 Å². The van der Waals surface area contributed by atoms with Gasteiger partial charge in [-0.3, -0.25) is 9.59 Å². The van der Waals surface area contributed by atoms with Gasteiger partial charge in [-0.25, -0.2) is 0 Å². The first-order valence-electron chi connectivity index (χ1n) is 7.53. The zero-order valence-corrected chi connectivity index (χ0v) is 14.9. The first-order chi connectivity index (χ1) is 11.9. The lowest BCUT2D eigenvalue weighted by Crippen LogP contribution is -2.22. The Morgan fingerprint density at radius 2 is 1.88 bits per heavy atom. The van der Waals surface area contributed by atoms with E-state index in [-0.39, 0.29) is 12.5 Å². The zero-order chi connectivity index (χ0) is 18.4. The SMILES string of the molecule is CNC(=O)c1ccc(Cl)c(NC(=O)COc2ccc(C)cc2OC)c1. The molecule has 0 unspecified atom stereocenters. The van der Waals surface area contributed by atoms with Gasteiger partial charge in [-0.15, -0.1) is 0 Å². The molecular weight excluding hydrogens is 344 g/mol. The van der Waals surface area contributed by atoms with E-state index in [0.717, 1.165) is 5.56 Å². The topological polar surface area (TPSA) is 76.7 Å². The number of halogens is 1. The van der Waals surface area contributed by atoms with Crippen LogP contribution in [0.25, 0.3) is 0 Å². The van der Waals surface area contributed by atoms with Crippen LogP contribution in [-0.2, 0) is 4.79 Å². The fourth-order valence-electron chi connectivity index (χ4n) is 2.13. The summed E-state index contributed by atoms with van der Waals surface area (Å²) in [6.07, 6.45) is 0. The number of hydrogen-bond acceptors (Lipinski definition) is 4. The van der Waals surface area contributed by atoms with Gasteiger partial charge in [-0.2, -0.15) is 0 Å². The summed E-state index contributed by atoms with van der Waals surface area (Å²) < 4.78 is 10.7. The summed E-state index contributed by atoms with van der Waals surface area (Å²) in [7, 11) is 3.06. The maximum atomic E-state index is 12.1. The van der Waals surface area contributed by atoms with Crippen LogP contribution in [0.5, 0.6) is 11.5 Å². The van der Waals surface area contributed by atoms with Crippen molar-refractivity contribution in [2.75, 3.05) is 26.1 Å². The molecule has 0 spiro atoms. The third-order valence-electron chi connectivity index (χ3n) is 3.41. The fraction of sp³-hybridized carbons (Fsp3) is 0.222. The minimum atomic E-state index is -0.404. The van der Waals surface area contributed by atoms with Crippen LogP contribution < -0.4 is 20.1 Å². The van der Waals surface area contributed by atoms with Crippen LogP contribution in [0.1, 0.15) is 15.9 Å². The smallest absolute Gasteiger partial charge is 0.262 e. The van der Waals surface area contributed by atoms with Crippen LogP contribution >= 0.6 is 11.6 Å². The minimum absolute atomic E-state index is 0.222. The van der Waals surface area contributed by atoms with E-state index in [1.807, 2.05) is 19.1 Å². The predicted octanol–water partition coefficient (Wildman–Crippen LogP) is 3.03. The molecule has 0 atom stereocenters. The normalized spacial score (nSPS) is 10.1. The van der Waals surface area contributed by atoms with E-state index in [2.05, 4.69) is 10.6 Å². The second-order valence-corrected chi connectivity index (χ2v) is 5.67. The lowest BCUT2D eigenvalue weighted by atomic mass is 10.2. The molecule has 0 bridgehead atoms. The average molecular weight is 363 g/mol. The van der Waals surface area contributed by atoms with Gasteiger partial charge in [-0.1, -0.05) is 17.7 Å². The summed E-state index contributed by atoms with van der Waals surface area (Å²) in [5.74, 6) is 0.340. The Balaban J connectivity index is 2.04. The van der Waals surface area contributed by atoms with Gasteiger partial charge in [0.2, 0.25) is 0 Å². The Labute approximate surface area is 151 Å². The molecule has 0 aliphatic carbocycles. The standard InChI is InChI=1S/C18H19ClN2O4/c1-11-4-7-15(16(8-11)24-3)25-10-17(22)21-14-9-12(18(23)20-2)5-6-13(14)19/h4-9H,10H2,1-3H3,(H,20,23)(H,21,22). The molecule has 2 aromatic rings. The minimum Gasteiger partial charge on any atom is -0.493 e. The van der Waals surface area contributed by atoms with Crippen molar-refractivity contribution in [1.82, 2.24) is 5.32 Å². The van der Waals surface area contributed by atoms with Gasteiger partial charge in [-0.05, 0) is 42.8 Å². The molecule has 25 heavy (non-hydrogen) atoms. The van der Waals surface area contributed by atoms with Gasteiger partial charge < -0.3 is 20.1 Å². The van der Waals surface area contributed by atoms with Crippen LogP contribution in [0.4, 0.5) is 5.69 Å². The van der Waals surface area contributed by atoms with Gasteiger partial charge in [0, 0.05) is 12.6 Å². The Kier molecular flexibility index (Phi) is 6.25. The lowest BCUT2D eigenvalue weighted by Gasteiger charge is -2.12. The summed E-state index contributed by atoms with van der Waals surface area (Å²) in [5.41, 5.74) is 1.75. The third kappa shape index (κ3) is 4.87. The Bertz CT molecular complexity index is 793. The number of hydrogen-bond donors (Lipinski definition) is 2. The Hall–Kier alpha value is -2.73. The molecule has 6 nitrogen and oxygen atoms in total. The number of nitrogens with one attached hydrogen (secondary N) is 2. The number of rotatable bonds is 6. The van der Waals surface area contributed by atoms with Crippen molar-refractivity contribution in [3.63, 3.8) is 0 Å². The van der Waals surface area contributed by atoms with E-state index >= 15 is 0 Å². The largest absolute Gasteiger partial charge is 0.493 e. The highest BCUT2D eigenvalue weighted by Crippen LogP contribution is 2.28. The highest BCUT2D eigenvalue weighted by molar-refractivity contribution is 6.33. The van der Waals surface area contributed by atoms with Crippen molar-refractivity contribution in [3.05, 3.63) is 52.5 Å². The molecule has 0 saturated carbocycles. The van der Waals surface area contributed by atoms with Gasteiger partial charge in [0.25, 0.3) is 11.8 Å². The van der Waals surface area contributed by atoms with Gasteiger partial charge in [0.1, 0.15) is 0 Å². The third-order valence-corrected chi connectivity index (χ3v) is 3.74. The summed E-state index contributed by atoms with van der Waals surface area (Å²) in [4.78, 5) is 23.8. The van der Waals surface area contributed by atoms with Crippen LogP contribution in [0.15, 0.2) is 36.4 Å². The fourth-order valence-corrected chi connectivity index (χ4v) is 2.30. The molecular formula is C18H19ClN2O4. The highest BCUT2D eigenvalue weighted by atomic mass is 35.5. The molecule has 2 aromatic carbocycles. The number of aryl methyl sites for hydroxylation is 1. The number of methoxy groups -OCH3 is 1. The first-order valence-corrected chi connectivity index (χ1v) is 7.91. The average Bonchev–Trinajstić information content (AvgIpc) is 2.61. The van der Waals surface area contributed by atoms with Crippen molar-refractivity contribution in [1.29, 1.82) is 0 Å². The van der Waals surface area contributed by atoms with Gasteiger partial charge >= 0.3 is 0 Å². The van der Waals surface area contributed by atoms with Crippen LogP contribution in [0, 0.1) is 6.92 Å². The molecule has 2 N–H and O–H groups in total. The maximum Gasteiger partial charge on any atom is 0.262 e. The second-order valence-electron chi connectivity index (χ2n) is 5.26. The molecule has 0 aliphatic rings. The van der Waals surface area contributed by atoms with Crippen molar-refractivity contribution in [3.8, 4) is 11.5 Å². The molecule has 2 rings (SSSR count). The van der Waals surface area contributed by atoms with E-state index in [1.165, 1.54) is 20.2 Å². The monoisotopic (exact) mass is 362 g/mol. The van der Waals surface area contributed by atoms with Gasteiger partial charge in [0.05, 0.1) is 17.8 Å². The predicted molar refractivity (Wildman–Crippen MR) is 96.7 cm³/mol. The van der Waals surface area contributed by atoms with Crippen LogP contribution in [-0.4, -0.2) is 32.6 Å². The highest BCUT2D eigenvalue weighted by Gasteiger charge is 2.12. The van der Waals surface area contributed by atoms with E-state index in [1.54, 1.807) is 18.2 Å². The summed E-state index contributed by atoms with van der Waals surface area (Å²) >= 11 is 6.06. The summed E-state index contributed by atoms with van der Waals surface area (Å²) in [6, 6.07) is 10.0. The molecule has 0 radical (unpaired) electrons. The van der Waals surface area contributed by atoms with Crippen molar-refractivity contribution < 1.29 is 19.1 Å². The molecule has 0 aliphatic heterocycles. The first kappa shape index (κ1) is 18.6. The van der Waals surface area contributed by atoms with Crippen molar-refractivity contribution in [2.24, 2.45) is 0 Å². The van der Waals surface area contributed by atoms with Gasteiger partial charge in [0.15, 0.2) is 18.1 Å². The maximum absolute atomic E-state index is 12.1. The number of amides is 2. The molecule has 132 valence electrons. The molecule has 0 fully saturated rings.